The summed E-state index contributed by atoms with van der Waals surface area (Å²) in [5.74, 6) is -1.43. The van der Waals surface area contributed by atoms with E-state index >= 15 is 0 Å². The highest BCUT2D eigenvalue weighted by molar-refractivity contribution is 5.81. The summed E-state index contributed by atoms with van der Waals surface area (Å²) in [5.41, 5.74) is 0. The van der Waals surface area contributed by atoms with E-state index in [0.717, 1.165) is 0 Å². The van der Waals surface area contributed by atoms with Crippen LogP contribution in [0.15, 0.2) is 12.7 Å². The molecule has 0 fully saturated rings. The molecular formula is C10H17N2O3-. The van der Waals surface area contributed by atoms with Gasteiger partial charge in [-0.05, 0) is 5.92 Å². The Kier molecular flexibility index (Phi) is 6.17. The molecule has 0 aliphatic carbocycles. The quantitative estimate of drug-likeness (QED) is 0.591. The summed E-state index contributed by atoms with van der Waals surface area (Å²) in [6.07, 6.45) is 2.16. The minimum Gasteiger partial charge on any atom is -0.548 e. The average Bonchev–Trinajstić information content (AvgIpc) is 2.21. The van der Waals surface area contributed by atoms with Crippen molar-refractivity contribution in [3.63, 3.8) is 0 Å². The molecule has 2 amide bonds. The maximum Gasteiger partial charge on any atom is 0.315 e. The number of urea groups is 1. The molecule has 86 valence electrons. The van der Waals surface area contributed by atoms with E-state index in [2.05, 4.69) is 17.2 Å². The number of rotatable bonds is 6. The molecule has 0 aromatic heterocycles. The fourth-order valence-electron chi connectivity index (χ4n) is 1.03. The third kappa shape index (κ3) is 5.05. The molecule has 15 heavy (non-hydrogen) atoms. The maximum absolute atomic E-state index is 11.2. The molecule has 0 aliphatic rings. The Morgan fingerprint density at radius 2 is 2.13 bits per heavy atom. The SMILES string of the molecule is C=CCNC(=O)N[C@H](C(=O)[O-])[C@H](C)CC. The summed E-state index contributed by atoms with van der Waals surface area (Å²) in [6, 6.07) is -1.48. The van der Waals surface area contributed by atoms with Crippen molar-refractivity contribution >= 4 is 12.0 Å². The number of carbonyl (C=O) groups excluding carboxylic acids is 2. The lowest BCUT2D eigenvalue weighted by Gasteiger charge is -2.25. The van der Waals surface area contributed by atoms with Gasteiger partial charge in [-0.1, -0.05) is 26.3 Å². The van der Waals surface area contributed by atoms with Gasteiger partial charge in [0.2, 0.25) is 0 Å². The first kappa shape index (κ1) is 13.5. The Morgan fingerprint density at radius 3 is 2.53 bits per heavy atom. The molecule has 0 spiro atoms. The predicted molar refractivity (Wildman–Crippen MR) is 55.0 cm³/mol. The average molecular weight is 213 g/mol. The number of aliphatic carboxylic acids is 1. The van der Waals surface area contributed by atoms with Gasteiger partial charge in [0.25, 0.3) is 0 Å². The highest BCUT2D eigenvalue weighted by Gasteiger charge is 2.18. The van der Waals surface area contributed by atoms with E-state index in [1.807, 2.05) is 6.92 Å². The molecule has 2 atom stereocenters. The van der Waals surface area contributed by atoms with Crippen molar-refractivity contribution in [2.24, 2.45) is 5.92 Å². The molecule has 0 aliphatic heterocycles. The van der Waals surface area contributed by atoms with E-state index in [-0.39, 0.29) is 5.92 Å². The second-order valence-electron chi connectivity index (χ2n) is 3.33. The Morgan fingerprint density at radius 1 is 1.53 bits per heavy atom. The molecule has 0 aromatic carbocycles. The largest absolute Gasteiger partial charge is 0.548 e. The minimum atomic E-state index is -1.27. The molecule has 2 N–H and O–H groups in total. The van der Waals surface area contributed by atoms with Gasteiger partial charge in [-0.25, -0.2) is 4.79 Å². The third-order valence-corrected chi connectivity index (χ3v) is 2.16. The van der Waals surface area contributed by atoms with E-state index in [0.29, 0.717) is 13.0 Å². The fraction of sp³-hybridized carbons (Fsp3) is 0.600. The van der Waals surface area contributed by atoms with Crippen molar-refractivity contribution in [3.05, 3.63) is 12.7 Å². The number of amides is 2. The van der Waals surface area contributed by atoms with Gasteiger partial charge in [-0.3, -0.25) is 0 Å². The van der Waals surface area contributed by atoms with Crippen LogP contribution in [0.5, 0.6) is 0 Å². The lowest BCUT2D eigenvalue weighted by Crippen LogP contribution is -2.53. The first-order valence-electron chi connectivity index (χ1n) is 4.89. The summed E-state index contributed by atoms with van der Waals surface area (Å²) in [4.78, 5) is 21.9. The normalized spacial score (nSPS) is 13.7. The van der Waals surface area contributed by atoms with E-state index in [1.54, 1.807) is 6.92 Å². The van der Waals surface area contributed by atoms with Gasteiger partial charge in [0, 0.05) is 6.54 Å². The molecule has 0 aromatic rings. The number of nitrogens with one attached hydrogen (secondary N) is 2. The van der Waals surface area contributed by atoms with Crippen LogP contribution in [-0.2, 0) is 4.79 Å². The van der Waals surface area contributed by atoms with Crippen LogP contribution in [0.2, 0.25) is 0 Å². The Balaban J connectivity index is 4.22. The summed E-state index contributed by atoms with van der Waals surface area (Å²) < 4.78 is 0. The molecule has 0 unspecified atom stereocenters. The standard InChI is InChI=1S/C10H18N2O3/c1-4-6-11-10(15)12-8(9(13)14)7(3)5-2/h4,7-8H,1,5-6H2,2-3H3,(H,13,14)(H2,11,12,15)/p-1/t7-,8+/m1/s1. The number of carboxylic acids is 1. The van der Waals surface area contributed by atoms with Gasteiger partial charge in [-0.2, -0.15) is 0 Å². The number of hydrogen-bond acceptors (Lipinski definition) is 3. The lowest BCUT2D eigenvalue weighted by molar-refractivity contribution is -0.309. The van der Waals surface area contributed by atoms with Crippen molar-refractivity contribution in [2.45, 2.75) is 26.3 Å². The Bertz CT molecular complexity index is 241. The van der Waals surface area contributed by atoms with Crippen LogP contribution in [0.25, 0.3) is 0 Å². The zero-order valence-corrected chi connectivity index (χ0v) is 9.08. The van der Waals surface area contributed by atoms with Crippen LogP contribution in [-0.4, -0.2) is 24.6 Å². The Hall–Kier alpha value is -1.52. The van der Waals surface area contributed by atoms with E-state index < -0.39 is 18.0 Å². The van der Waals surface area contributed by atoms with E-state index in [1.165, 1.54) is 6.08 Å². The molecule has 0 saturated heterocycles. The first-order valence-corrected chi connectivity index (χ1v) is 4.89. The van der Waals surface area contributed by atoms with Crippen molar-refractivity contribution in [3.8, 4) is 0 Å². The molecular weight excluding hydrogens is 196 g/mol. The van der Waals surface area contributed by atoms with E-state index in [9.17, 15) is 14.7 Å². The molecule has 5 heteroatoms. The van der Waals surface area contributed by atoms with Crippen LogP contribution >= 0.6 is 0 Å². The fourth-order valence-corrected chi connectivity index (χ4v) is 1.03. The summed E-state index contributed by atoms with van der Waals surface area (Å²) in [6.45, 7) is 7.32. The first-order chi connectivity index (χ1) is 7.02. The molecule has 0 heterocycles. The summed E-state index contributed by atoms with van der Waals surface area (Å²) in [7, 11) is 0. The van der Waals surface area contributed by atoms with Crippen LogP contribution in [0.4, 0.5) is 4.79 Å². The third-order valence-electron chi connectivity index (χ3n) is 2.16. The second kappa shape index (κ2) is 6.86. The monoisotopic (exact) mass is 213 g/mol. The molecule has 5 nitrogen and oxygen atoms in total. The predicted octanol–water partition coefficient (Wildman–Crippen LogP) is -0.364. The van der Waals surface area contributed by atoms with Crippen LogP contribution in [0, 0.1) is 5.92 Å². The zero-order valence-electron chi connectivity index (χ0n) is 9.08. The van der Waals surface area contributed by atoms with E-state index in [4.69, 9.17) is 0 Å². The van der Waals surface area contributed by atoms with Crippen molar-refractivity contribution in [2.75, 3.05) is 6.54 Å². The van der Waals surface area contributed by atoms with Crippen molar-refractivity contribution in [1.82, 2.24) is 10.6 Å². The number of hydrogen-bond donors (Lipinski definition) is 2. The van der Waals surface area contributed by atoms with Crippen LogP contribution in [0.3, 0.4) is 0 Å². The minimum absolute atomic E-state index is 0.163. The highest BCUT2D eigenvalue weighted by Crippen LogP contribution is 2.06. The van der Waals surface area contributed by atoms with Gasteiger partial charge < -0.3 is 20.5 Å². The van der Waals surface area contributed by atoms with Gasteiger partial charge in [0.1, 0.15) is 0 Å². The molecule has 0 saturated carbocycles. The lowest BCUT2D eigenvalue weighted by atomic mass is 9.99. The molecule has 0 radical (unpaired) electrons. The number of carbonyl (C=O) groups is 2. The Labute approximate surface area is 89.6 Å². The second-order valence-corrected chi connectivity index (χ2v) is 3.33. The topological polar surface area (TPSA) is 81.3 Å². The molecule has 0 rings (SSSR count). The van der Waals surface area contributed by atoms with Gasteiger partial charge in [0.15, 0.2) is 0 Å². The number of carboxylic acid groups (broad SMARTS) is 1. The smallest absolute Gasteiger partial charge is 0.315 e. The van der Waals surface area contributed by atoms with Gasteiger partial charge in [0.05, 0.1) is 12.0 Å². The van der Waals surface area contributed by atoms with Crippen LogP contribution < -0.4 is 15.7 Å². The van der Waals surface area contributed by atoms with Gasteiger partial charge >= 0.3 is 6.03 Å². The maximum atomic E-state index is 11.2. The highest BCUT2D eigenvalue weighted by atomic mass is 16.4. The van der Waals surface area contributed by atoms with Crippen molar-refractivity contribution < 1.29 is 14.7 Å². The summed E-state index contributed by atoms with van der Waals surface area (Å²) >= 11 is 0. The van der Waals surface area contributed by atoms with Crippen molar-refractivity contribution in [1.29, 1.82) is 0 Å². The summed E-state index contributed by atoms with van der Waals surface area (Å²) in [5, 5.41) is 15.5. The molecule has 0 bridgehead atoms. The van der Waals surface area contributed by atoms with Crippen LogP contribution in [0.1, 0.15) is 20.3 Å². The zero-order chi connectivity index (χ0) is 11.8. The van der Waals surface area contributed by atoms with Gasteiger partial charge in [-0.15, -0.1) is 6.58 Å².